The van der Waals surface area contributed by atoms with Crippen LogP contribution in [-0.4, -0.2) is 42.3 Å². The van der Waals surface area contributed by atoms with Gasteiger partial charge in [-0.3, -0.25) is 4.90 Å². The maximum Gasteiger partial charge on any atom is 0.410 e. The predicted octanol–water partition coefficient (Wildman–Crippen LogP) is 3.05. The average molecular weight is 306 g/mol. The van der Waals surface area contributed by atoms with Crippen LogP contribution in [0.2, 0.25) is 0 Å². The largest absolute Gasteiger partial charge is 0.444 e. The van der Waals surface area contributed by atoms with Crippen LogP contribution in [0, 0.1) is 5.82 Å². The molecule has 1 fully saturated rings. The molecule has 1 unspecified atom stereocenters. The van der Waals surface area contributed by atoms with Gasteiger partial charge in [-0.05, 0) is 38.5 Å². The van der Waals surface area contributed by atoms with Crippen LogP contribution in [0.25, 0.3) is 6.08 Å². The van der Waals surface area contributed by atoms with Crippen molar-refractivity contribution in [2.24, 2.45) is 0 Å². The number of hydrogen-bond acceptors (Lipinski definition) is 3. The van der Waals surface area contributed by atoms with Crippen LogP contribution >= 0.6 is 0 Å². The lowest BCUT2D eigenvalue weighted by atomic mass is 10.1. The van der Waals surface area contributed by atoms with E-state index in [1.165, 1.54) is 12.1 Å². The van der Waals surface area contributed by atoms with Gasteiger partial charge >= 0.3 is 6.09 Å². The van der Waals surface area contributed by atoms with Crippen molar-refractivity contribution >= 4 is 12.2 Å². The number of amides is 1. The van der Waals surface area contributed by atoms with Gasteiger partial charge in [0.25, 0.3) is 0 Å². The van der Waals surface area contributed by atoms with Crippen molar-refractivity contribution in [2.45, 2.75) is 32.4 Å². The molecule has 1 atom stereocenters. The molecular weight excluding hydrogens is 283 g/mol. The van der Waals surface area contributed by atoms with Gasteiger partial charge in [0.2, 0.25) is 0 Å². The fourth-order valence-corrected chi connectivity index (χ4v) is 2.24. The number of nitrogens with one attached hydrogen (secondary N) is 1. The van der Waals surface area contributed by atoms with Crippen molar-refractivity contribution in [2.75, 3.05) is 19.6 Å². The zero-order valence-corrected chi connectivity index (χ0v) is 13.3. The highest BCUT2D eigenvalue weighted by molar-refractivity contribution is 5.69. The molecule has 1 saturated heterocycles. The normalized spacial score (nSPS) is 19.5. The van der Waals surface area contributed by atoms with E-state index in [2.05, 4.69) is 5.32 Å². The Bertz CT molecular complexity index is 535. The molecule has 120 valence electrons. The van der Waals surface area contributed by atoms with Crippen molar-refractivity contribution in [1.29, 1.82) is 0 Å². The number of hydrogen-bond donors (Lipinski definition) is 1. The summed E-state index contributed by atoms with van der Waals surface area (Å²) in [5, 5.41) is 3.27. The van der Waals surface area contributed by atoms with Crippen molar-refractivity contribution in [3.63, 3.8) is 0 Å². The van der Waals surface area contributed by atoms with Crippen LogP contribution in [0.5, 0.6) is 0 Å². The first-order valence-corrected chi connectivity index (χ1v) is 7.49. The molecule has 4 nitrogen and oxygen atoms in total. The lowest BCUT2D eigenvalue weighted by molar-refractivity contribution is 0.0168. The molecule has 0 bridgehead atoms. The molecule has 22 heavy (non-hydrogen) atoms. The summed E-state index contributed by atoms with van der Waals surface area (Å²) in [6.07, 6.45) is 3.54. The molecule has 1 N–H and O–H groups in total. The van der Waals surface area contributed by atoms with Crippen molar-refractivity contribution in [3.05, 3.63) is 41.7 Å². The van der Waals surface area contributed by atoms with Gasteiger partial charge in [-0.15, -0.1) is 0 Å². The van der Waals surface area contributed by atoms with Crippen molar-refractivity contribution in [1.82, 2.24) is 10.2 Å². The molecule has 0 spiro atoms. The van der Waals surface area contributed by atoms with E-state index in [0.717, 1.165) is 12.1 Å². The minimum absolute atomic E-state index is 0.0753. The molecule has 1 aromatic rings. The Balaban J connectivity index is 2.06. The lowest BCUT2D eigenvalue weighted by Gasteiger charge is -2.35. The smallest absolute Gasteiger partial charge is 0.410 e. The number of ether oxygens (including phenoxy) is 1. The summed E-state index contributed by atoms with van der Waals surface area (Å²) in [7, 11) is 0. The summed E-state index contributed by atoms with van der Waals surface area (Å²) in [6.45, 7) is 7.60. The first-order chi connectivity index (χ1) is 10.3. The third-order valence-electron chi connectivity index (χ3n) is 3.29. The monoisotopic (exact) mass is 306 g/mol. The zero-order chi connectivity index (χ0) is 16.2. The Morgan fingerprint density at radius 3 is 2.68 bits per heavy atom. The predicted molar refractivity (Wildman–Crippen MR) is 85.0 cm³/mol. The molecule has 1 aromatic carbocycles. The number of nitrogens with zero attached hydrogens (tertiary/aromatic N) is 1. The van der Waals surface area contributed by atoms with Crippen LogP contribution < -0.4 is 5.32 Å². The Hall–Kier alpha value is -1.88. The van der Waals surface area contributed by atoms with Gasteiger partial charge < -0.3 is 10.1 Å². The number of carbonyl (C=O) groups excluding carboxylic acids is 1. The molecule has 0 radical (unpaired) electrons. The van der Waals surface area contributed by atoms with E-state index in [4.69, 9.17) is 4.74 Å². The number of benzene rings is 1. The zero-order valence-electron chi connectivity index (χ0n) is 13.3. The number of halogens is 1. The molecule has 5 heteroatoms. The van der Waals surface area contributed by atoms with Gasteiger partial charge in [-0.2, -0.15) is 0 Å². The van der Waals surface area contributed by atoms with Crippen LogP contribution in [0.1, 0.15) is 26.3 Å². The molecule has 1 amide bonds. The third-order valence-corrected chi connectivity index (χ3v) is 3.29. The average Bonchev–Trinajstić information content (AvgIpc) is 2.45. The number of piperazine rings is 1. The highest BCUT2D eigenvalue weighted by Gasteiger charge is 2.28. The molecule has 2 rings (SSSR count). The number of carbonyl (C=O) groups is 1. The summed E-state index contributed by atoms with van der Waals surface area (Å²) >= 11 is 0. The van der Waals surface area contributed by atoms with Crippen LogP contribution in [0.15, 0.2) is 30.3 Å². The summed E-state index contributed by atoms with van der Waals surface area (Å²) in [4.78, 5) is 14.0. The Kier molecular flexibility index (Phi) is 5.19. The second-order valence-corrected chi connectivity index (χ2v) is 6.36. The quantitative estimate of drug-likeness (QED) is 0.913. The van der Waals surface area contributed by atoms with Gasteiger partial charge in [0, 0.05) is 19.6 Å². The topological polar surface area (TPSA) is 41.6 Å². The summed E-state index contributed by atoms with van der Waals surface area (Å²) in [5.41, 5.74) is 0.392. The second kappa shape index (κ2) is 6.92. The SMILES string of the molecule is CC(C)(C)OC(=O)N1CCNCC1/C=C/c1ccc(F)cc1. The van der Waals surface area contributed by atoms with E-state index in [9.17, 15) is 9.18 Å². The minimum atomic E-state index is -0.507. The lowest BCUT2D eigenvalue weighted by Crippen LogP contribution is -2.53. The summed E-state index contributed by atoms with van der Waals surface area (Å²) in [6, 6.07) is 6.18. The molecule has 0 saturated carbocycles. The maximum atomic E-state index is 12.9. The van der Waals surface area contributed by atoms with Gasteiger partial charge in [-0.25, -0.2) is 9.18 Å². The van der Waals surface area contributed by atoms with E-state index in [1.54, 1.807) is 17.0 Å². The fourth-order valence-electron chi connectivity index (χ4n) is 2.24. The van der Waals surface area contributed by atoms with Crippen LogP contribution in [0.4, 0.5) is 9.18 Å². The van der Waals surface area contributed by atoms with Gasteiger partial charge in [0.05, 0.1) is 6.04 Å². The van der Waals surface area contributed by atoms with E-state index >= 15 is 0 Å². The Labute approximate surface area is 131 Å². The maximum absolute atomic E-state index is 12.9. The summed E-state index contributed by atoms with van der Waals surface area (Å²) < 4.78 is 18.4. The standard InChI is InChI=1S/C17H23FN2O2/c1-17(2,3)22-16(21)20-11-10-19-12-15(20)9-6-13-4-7-14(18)8-5-13/h4-9,15,19H,10-12H2,1-3H3/b9-6+. The van der Waals surface area contributed by atoms with Gasteiger partial charge in [-0.1, -0.05) is 24.3 Å². The fraction of sp³-hybridized carbons (Fsp3) is 0.471. The van der Waals surface area contributed by atoms with Crippen LogP contribution in [-0.2, 0) is 4.74 Å². The van der Waals surface area contributed by atoms with E-state index in [0.29, 0.717) is 13.1 Å². The van der Waals surface area contributed by atoms with Gasteiger partial charge in [0.15, 0.2) is 0 Å². The van der Waals surface area contributed by atoms with Crippen molar-refractivity contribution in [3.8, 4) is 0 Å². The molecule has 0 aromatic heterocycles. The molecule has 1 heterocycles. The Morgan fingerprint density at radius 2 is 2.05 bits per heavy atom. The second-order valence-electron chi connectivity index (χ2n) is 6.36. The highest BCUT2D eigenvalue weighted by atomic mass is 19.1. The summed E-state index contributed by atoms with van der Waals surface area (Å²) in [5.74, 6) is -0.258. The Morgan fingerprint density at radius 1 is 1.36 bits per heavy atom. The van der Waals surface area contributed by atoms with E-state index in [1.807, 2.05) is 32.9 Å². The number of rotatable bonds is 2. The first-order valence-electron chi connectivity index (χ1n) is 7.49. The van der Waals surface area contributed by atoms with Crippen molar-refractivity contribution < 1.29 is 13.9 Å². The minimum Gasteiger partial charge on any atom is -0.444 e. The molecule has 1 aliphatic heterocycles. The molecular formula is C17H23FN2O2. The molecule has 0 aliphatic carbocycles. The van der Waals surface area contributed by atoms with Crippen LogP contribution in [0.3, 0.4) is 0 Å². The van der Waals surface area contributed by atoms with E-state index in [-0.39, 0.29) is 18.0 Å². The van der Waals surface area contributed by atoms with E-state index < -0.39 is 5.60 Å². The third kappa shape index (κ3) is 4.84. The highest BCUT2D eigenvalue weighted by Crippen LogP contribution is 2.15. The molecule has 1 aliphatic rings. The first kappa shape index (κ1) is 16.5. The van der Waals surface area contributed by atoms with Gasteiger partial charge in [0.1, 0.15) is 11.4 Å².